The highest BCUT2D eigenvalue weighted by atomic mass is 16.1. The molecule has 0 spiro atoms. The maximum absolute atomic E-state index is 12.3. The van der Waals surface area contributed by atoms with Gasteiger partial charge < -0.3 is 10.6 Å². The summed E-state index contributed by atoms with van der Waals surface area (Å²) >= 11 is 0. The van der Waals surface area contributed by atoms with Crippen LogP contribution in [0.3, 0.4) is 0 Å². The van der Waals surface area contributed by atoms with E-state index in [1.807, 2.05) is 18.2 Å². The number of carbonyl (C=O) groups is 1. The van der Waals surface area contributed by atoms with Crippen LogP contribution in [-0.4, -0.2) is 25.0 Å². The van der Waals surface area contributed by atoms with Crippen molar-refractivity contribution in [3.05, 3.63) is 35.4 Å². The van der Waals surface area contributed by atoms with E-state index in [1.165, 1.54) is 24.8 Å². The van der Waals surface area contributed by atoms with Crippen molar-refractivity contribution in [3.8, 4) is 0 Å². The van der Waals surface area contributed by atoms with Gasteiger partial charge in [-0.15, -0.1) is 0 Å². The first-order chi connectivity index (χ1) is 8.84. The first-order valence-electron chi connectivity index (χ1n) is 6.95. The number of rotatable bonds is 3. The molecule has 0 aromatic heterocycles. The van der Waals surface area contributed by atoms with Crippen LogP contribution in [0.15, 0.2) is 24.3 Å². The van der Waals surface area contributed by atoms with Gasteiger partial charge in [0.2, 0.25) is 0 Å². The number of nitrogens with one attached hydrogen (secondary N) is 2. The van der Waals surface area contributed by atoms with Gasteiger partial charge in [0.1, 0.15) is 0 Å². The summed E-state index contributed by atoms with van der Waals surface area (Å²) in [6.07, 6.45) is 4.80. The van der Waals surface area contributed by atoms with E-state index in [9.17, 15) is 4.79 Å². The zero-order chi connectivity index (χ0) is 12.4. The fourth-order valence-electron chi connectivity index (χ4n) is 2.82. The van der Waals surface area contributed by atoms with E-state index in [4.69, 9.17) is 0 Å². The average Bonchev–Trinajstić information content (AvgIpc) is 2.80. The summed E-state index contributed by atoms with van der Waals surface area (Å²) in [6.45, 7) is 1.91. The summed E-state index contributed by atoms with van der Waals surface area (Å²) < 4.78 is 0. The molecule has 2 N–H and O–H groups in total. The largest absolute Gasteiger partial charge is 0.348 e. The monoisotopic (exact) mass is 244 g/mol. The summed E-state index contributed by atoms with van der Waals surface area (Å²) in [6, 6.07) is 8.38. The SMILES string of the molecule is O=C(NC1CCNC1)c1ccccc1C1CCC1. The maximum Gasteiger partial charge on any atom is 0.251 e. The van der Waals surface area contributed by atoms with Gasteiger partial charge in [-0.05, 0) is 43.4 Å². The Bertz CT molecular complexity index is 434. The van der Waals surface area contributed by atoms with Crippen molar-refractivity contribution in [2.45, 2.75) is 37.6 Å². The van der Waals surface area contributed by atoms with Crippen LogP contribution in [0.2, 0.25) is 0 Å². The van der Waals surface area contributed by atoms with Crippen molar-refractivity contribution in [3.63, 3.8) is 0 Å². The Labute approximate surface area is 108 Å². The third-order valence-electron chi connectivity index (χ3n) is 4.15. The molecule has 1 saturated heterocycles. The molecule has 1 amide bonds. The first-order valence-corrected chi connectivity index (χ1v) is 6.95. The Morgan fingerprint density at radius 1 is 1.22 bits per heavy atom. The Balaban J connectivity index is 1.75. The van der Waals surface area contributed by atoms with E-state index >= 15 is 0 Å². The molecule has 3 nitrogen and oxygen atoms in total. The molecule has 1 unspecified atom stereocenters. The second-order valence-corrected chi connectivity index (χ2v) is 5.38. The lowest BCUT2D eigenvalue weighted by Gasteiger charge is -2.27. The molecule has 1 aromatic carbocycles. The van der Waals surface area contributed by atoms with Crippen LogP contribution in [0, 0.1) is 0 Å². The van der Waals surface area contributed by atoms with Crippen LogP contribution >= 0.6 is 0 Å². The molecule has 1 heterocycles. The zero-order valence-electron chi connectivity index (χ0n) is 10.6. The minimum Gasteiger partial charge on any atom is -0.348 e. The molecule has 0 bridgehead atoms. The lowest BCUT2D eigenvalue weighted by Crippen LogP contribution is -2.37. The molecule has 2 aliphatic rings. The Kier molecular flexibility index (Phi) is 3.33. The fourth-order valence-corrected chi connectivity index (χ4v) is 2.82. The van der Waals surface area contributed by atoms with Crippen LogP contribution in [0.5, 0.6) is 0 Å². The molecule has 18 heavy (non-hydrogen) atoms. The van der Waals surface area contributed by atoms with Crippen LogP contribution in [0.25, 0.3) is 0 Å². The molecule has 1 atom stereocenters. The normalized spacial score (nSPS) is 23.7. The van der Waals surface area contributed by atoms with Gasteiger partial charge in [-0.2, -0.15) is 0 Å². The standard InChI is InChI=1S/C15H20N2O/c18-15(17-12-8-9-16-10-12)14-7-2-1-6-13(14)11-4-3-5-11/h1-2,6-7,11-12,16H,3-5,8-10H2,(H,17,18). The van der Waals surface area contributed by atoms with Gasteiger partial charge >= 0.3 is 0 Å². The van der Waals surface area contributed by atoms with Crippen molar-refractivity contribution in [2.24, 2.45) is 0 Å². The molecule has 1 aromatic rings. The molecule has 3 heteroatoms. The topological polar surface area (TPSA) is 41.1 Å². The van der Waals surface area contributed by atoms with E-state index in [2.05, 4.69) is 16.7 Å². The number of carbonyl (C=O) groups excluding carboxylic acids is 1. The lowest BCUT2D eigenvalue weighted by atomic mass is 9.78. The number of benzene rings is 1. The Morgan fingerprint density at radius 2 is 2.06 bits per heavy atom. The predicted molar refractivity (Wildman–Crippen MR) is 71.8 cm³/mol. The summed E-state index contributed by atoms with van der Waals surface area (Å²) in [5.74, 6) is 0.708. The summed E-state index contributed by atoms with van der Waals surface area (Å²) in [4.78, 5) is 12.3. The van der Waals surface area contributed by atoms with Crippen molar-refractivity contribution in [1.82, 2.24) is 10.6 Å². The van der Waals surface area contributed by atoms with Gasteiger partial charge in [0.25, 0.3) is 5.91 Å². The molecule has 3 rings (SSSR count). The van der Waals surface area contributed by atoms with Crippen LogP contribution in [0.1, 0.15) is 47.5 Å². The molecular weight excluding hydrogens is 224 g/mol. The molecule has 1 saturated carbocycles. The van der Waals surface area contributed by atoms with Crippen molar-refractivity contribution >= 4 is 5.91 Å². The summed E-state index contributed by atoms with van der Waals surface area (Å²) in [7, 11) is 0. The van der Waals surface area contributed by atoms with Crippen LogP contribution in [-0.2, 0) is 0 Å². The molecule has 0 radical (unpaired) electrons. The smallest absolute Gasteiger partial charge is 0.251 e. The van der Waals surface area contributed by atoms with E-state index in [-0.39, 0.29) is 5.91 Å². The molecular formula is C15H20N2O. The summed E-state index contributed by atoms with van der Waals surface area (Å²) in [5, 5.41) is 6.41. The Hall–Kier alpha value is -1.35. The van der Waals surface area contributed by atoms with Crippen LogP contribution in [0.4, 0.5) is 0 Å². The maximum atomic E-state index is 12.3. The number of hydrogen-bond donors (Lipinski definition) is 2. The van der Waals surface area contributed by atoms with Crippen LogP contribution < -0.4 is 10.6 Å². The zero-order valence-corrected chi connectivity index (χ0v) is 10.6. The van der Waals surface area contributed by atoms with Crippen molar-refractivity contribution < 1.29 is 4.79 Å². The molecule has 2 fully saturated rings. The van der Waals surface area contributed by atoms with Gasteiger partial charge in [0, 0.05) is 18.2 Å². The van der Waals surface area contributed by atoms with Gasteiger partial charge in [-0.3, -0.25) is 4.79 Å². The average molecular weight is 244 g/mol. The first kappa shape index (κ1) is 11.7. The highest BCUT2D eigenvalue weighted by Gasteiger charge is 2.25. The molecule has 1 aliphatic heterocycles. The molecule has 1 aliphatic carbocycles. The van der Waals surface area contributed by atoms with Crippen molar-refractivity contribution in [1.29, 1.82) is 0 Å². The highest BCUT2D eigenvalue weighted by Crippen LogP contribution is 2.37. The van der Waals surface area contributed by atoms with Gasteiger partial charge in [0.05, 0.1) is 0 Å². The molecule has 96 valence electrons. The van der Waals surface area contributed by atoms with E-state index in [0.717, 1.165) is 25.1 Å². The second kappa shape index (κ2) is 5.11. The van der Waals surface area contributed by atoms with E-state index in [1.54, 1.807) is 0 Å². The van der Waals surface area contributed by atoms with Gasteiger partial charge in [-0.25, -0.2) is 0 Å². The van der Waals surface area contributed by atoms with Crippen molar-refractivity contribution in [2.75, 3.05) is 13.1 Å². The fraction of sp³-hybridized carbons (Fsp3) is 0.533. The van der Waals surface area contributed by atoms with Gasteiger partial charge in [0.15, 0.2) is 0 Å². The second-order valence-electron chi connectivity index (χ2n) is 5.38. The number of hydrogen-bond acceptors (Lipinski definition) is 2. The Morgan fingerprint density at radius 3 is 2.72 bits per heavy atom. The lowest BCUT2D eigenvalue weighted by molar-refractivity contribution is 0.0938. The highest BCUT2D eigenvalue weighted by molar-refractivity contribution is 5.96. The van der Waals surface area contributed by atoms with E-state index < -0.39 is 0 Å². The third kappa shape index (κ3) is 2.27. The third-order valence-corrected chi connectivity index (χ3v) is 4.15. The predicted octanol–water partition coefficient (Wildman–Crippen LogP) is 2.05. The minimum absolute atomic E-state index is 0.103. The summed E-state index contributed by atoms with van der Waals surface area (Å²) in [5.41, 5.74) is 2.13. The minimum atomic E-state index is 0.103. The van der Waals surface area contributed by atoms with Gasteiger partial charge in [-0.1, -0.05) is 24.6 Å². The number of amides is 1. The quantitative estimate of drug-likeness (QED) is 0.854. The van der Waals surface area contributed by atoms with E-state index in [0.29, 0.717) is 12.0 Å².